The quantitative estimate of drug-likeness (QED) is 0.0581. The van der Waals surface area contributed by atoms with E-state index < -0.39 is 0 Å². The lowest BCUT2D eigenvalue weighted by Gasteiger charge is -2.41. The van der Waals surface area contributed by atoms with Gasteiger partial charge in [-0.1, -0.05) is 232 Å². The smallest absolute Gasteiger partial charge is 0.231 e. The summed E-state index contributed by atoms with van der Waals surface area (Å²) in [6, 6.07) is 97.0. The van der Waals surface area contributed by atoms with Crippen LogP contribution < -0.4 is 9.47 Å². The van der Waals surface area contributed by atoms with E-state index in [1.165, 1.54) is 165 Å². The van der Waals surface area contributed by atoms with E-state index in [4.69, 9.17) is 88.5 Å². The number of aromatic nitrogens is 8. The van der Waals surface area contributed by atoms with Crippen molar-refractivity contribution in [2.45, 2.75) is 127 Å². The lowest BCUT2D eigenvalue weighted by molar-refractivity contribution is 0.0972. The molecule has 0 bridgehead atoms. The second kappa shape index (κ2) is 41.7. The molecule has 7 aliphatic rings. The van der Waals surface area contributed by atoms with Crippen LogP contribution in [0.5, 0.6) is 11.5 Å². The normalized spacial score (nSPS) is 18.1. The van der Waals surface area contributed by atoms with E-state index >= 15 is 0 Å². The number of hydrogen-bond donors (Lipinski definition) is 6. The van der Waals surface area contributed by atoms with E-state index in [0.29, 0.717) is 16.8 Å². The molecular weight excluding hydrogens is 1950 g/mol. The molecule has 16 nitrogen and oxygen atoms in total. The van der Waals surface area contributed by atoms with Crippen molar-refractivity contribution in [2.75, 3.05) is 39.5 Å². The Bertz CT molecular complexity index is 7690. The van der Waals surface area contributed by atoms with Crippen molar-refractivity contribution in [3.63, 3.8) is 0 Å². The molecular formula is C119H106BrCl6N13O3. The monoisotopic (exact) mass is 2050 g/mol. The molecule has 0 spiro atoms. The summed E-state index contributed by atoms with van der Waals surface area (Å²) in [6.45, 7) is 9.74. The lowest BCUT2D eigenvalue weighted by atomic mass is 9.79. The van der Waals surface area contributed by atoms with Crippen molar-refractivity contribution in [3.8, 4) is 11.5 Å². The Morgan fingerprint density at radius 2 is 0.732 bits per heavy atom. The number of furan rings is 1. The van der Waals surface area contributed by atoms with E-state index in [0.717, 1.165) is 178 Å². The van der Waals surface area contributed by atoms with Crippen molar-refractivity contribution in [1.82, 2.24) is 64.4 Å². The van der Waals surface area contributed by atoms with E-state index in [2.05, 4.69) is 306 Å². The number of aromatic amines is 6. The van der Waals surface area contributed by atoms with Gasteiger partial charge in [-0.15, -0.1) is 0 Å². The highest BCUT2D eigenvalue weighted by atomic mass is 79.9. The fourth-order valence-electron chi connectivity index (χ4n) is 23.3. The molecule has 1 saturated carbocycles. The highest BCUT2D eigenvalue weighted by Gasteiger charge is 2.41. The molecule has 5 unspecified atom stereocenters. The molecule has 0 saturated heterocycles. The third kappa shape index (κ3) is 19.5. The van der Waals surface area contributed by atoms with Gasteiger partial charge in [0.05, 0.1) is 48.4 Å². The largest absolute Gasteiger partial charge is 0.472 e. The van der Waals surface area contributed by atoms with E-state index in [1.54, 1.807) is 6.26 Å². The van der Waals surface area contributed by atoms with Gasteiger partial charge in [0.1, 0.15) is 0 Å². The first-order valence-electron chi connectivity index (χ1n) is 49.3. The van der Waals surface area contributed by atoms with Crippen LogP contribution in [0.1, 0.15) is 169 Å². The van der Waals surface area contributed by atoms with Gasteiger partial charge in [-0.25, -0.2) is 0 Å². The SMILES string of the molecule is Clc1ccc2[nH]c3c(c2c1)CCN(Cc1ccccc1)C3c1c[nH]c2ccc(Br)cc12.Clc1ccc2[nH]c3c(c2c1)CCN(Cc1ccccc1)C3c1cc2c(cc1Cl)OCO2.Clc1ccc2[nH]c3c(c2c1)CCN(Cc1ccccc1)C3c1ccccn1.Clc1ccc2[nH]c3c(c2c1)CCN(Cc1ccccc1)C3c1ccncc1.Clc1ccc2[nH]c3c(c2c1)CCN(Cc1ccoc1)C3C1CCCCC1. The molecule has 1 fully saturated rings. The number of halogens is 7. The maximum atomic E-state index is 6.80. The fourth-order valence-corrected chi connectivity index (χ4v) is 24.8. The summed E-state index contributed by atoms with van der Waals surface area (Å²) in [6.07, 6.45) is 23.3. The molecule has 9 aromatic heterocycles. The van der Waals surface area contributed by atoms with Gasteiger partial charge in [0.2, 0.25) is 6.79 Å². The summed E-state index contributed by atoms with van der Waals surface area (Å²) < 4.78 is 17.6. The number of nitrogens with zero attached hydrogens (tertiary/aromatic N) is 7. The maximum absolute atomic E-state index is 6.80. The number of fused-ring (bicyclic) bond motifs is 17. The Labute approximate surface area is 863 Å². The van der Waals surface area contributed by atoms with Crippen molar-refractivity contribution < 1.29 is 13.9 Å². The Kier molecular flexibility index (Phi) is 27.4. The van der Waals surface area contributed by atoms with Crippen LogP contribution in [0.15, 0.2) is 325 Å². The van der Waals surface area contributed by atoms with Crippen LogP contribution >= 0.6 is 85.5 Å². The summed E-state index contributed by atoms with van der Waals surface area (Å²) >= 11 is 42.0. The number of pyridine rings is 2. The zero-order chi connectivity index (χ0) is 95.8. The number of ether oxygens (including phenoxy) is 2. The van der Waals surface area contributed by atoms with E-state index in [-0.39, 0.29) is 31.0 Å². The molecule has 714 valence electrons. The van der Waals surface area contributed by atoms with Crippen LogP contribution in [0.25, 0.3) is 65.4 Å². The predicted molar refractivity (Wildman–Crippen MR) is 580 cm³/mol. The molecule has 20 aromatic rings. The van der Waals surface area contributed by atoms with Crippen molar-refractivity contribution in [1.29, 1.82) is 0 Å². The first-order valence-corrected chi connectivity index (χ1v) is 52.3. The van der Waals surface area contributed by atoms with Gasteiger partial charge in [-0.3, -0.25) is 34.5 Å². The first kappa shape index (κ1) is 93.5. The van der Waals surface area contributed by atoms with Crippen molar-refractivity contribution in [3.05, 3.63) is 457 Å². The number of benzene rings is 11. The predicted octanol–water partition coefficient (Wildman–Crippen LogP) is 30.4. The van der Waals surface area contributed by atoms with Gasteiger partial charge in [0.15, 0.2) is 11.5 Å². The molecule has 142 heavy (non-hydrogen) atoms. The van der Waals surface area contributed by atoms with Crippen LogP contribution in [-0.4, -0.2) is 104 Å². The molecule has 0 amide bonds. The Balaban J connectivity index is 0.0000000988. The second-order valence-corrected chi connectivity index (χ2v) is 41.9. The fraction of sp³-hybridized carbons (Fsp3) is 0.227. The lowest BCUT2D eigenvalue weighted by Crippen LogP contribution is -2.39. The molecule has 5 atom stereocenters. The zero-order valence-corrected chi connectivity index (χ0v) is 84.5. The minimum absolute atomic E-state index is 0.0304. The second-order valence-electron chi connectivity index (χ2n) is 38.4. The van der Waals surface area contributed by atoms with Crippen molar-refractivity contribution in [2.24, 2.45) is 5.92 Å². The molecule has 6 aliphatic heterocycles. The average molecular weight is 2060 g/mol. The minimum atomic E-state index is -0.0304. The molecule has 23 heteroatoms. The summed E-state index contributed by atoms with van der Waals surface area (Å²) in [7, 11) is 0. The van der Waals surface area contributed by atoms with Gasteiger partial charge in [0, 0.05) is 236 Å². The van der Waals surface area contributed by atoms with E-state index in [1.807, 2.05) is 79.5 Å². The molecule has 15 heterocycles. The highest BCUT2D eigenvalue weighted by Crippen LogP contribution is 2.51. The summed E-state index contributed by atoms with van der Waals surface area (Å²) in [5.74, 6) is 2.17. The van der Waals surface area contributed by atoms with Gasteiger partial charge in [-0.2, -0.15) is 0 Å². The summed E-state index contributed by atoms with van der Waals surface area (Å²) in [5, 5.41) is 12.1. The first-order chi connectivity index (χ1) is 69.7. The Hall–Kier alpha value is -12.1. The highest BCUT2D eigenvalue weighted by molar-refractivity contribution is 9.10. The summed E-state index contributed by atoms with van der Waals surface area (Å²) in [4.78, 5) is 43.7. The molecule has 11 aromatic carbocycles. The minimum Gasteiger partial charge on any atom is -0.472 e. The van der Waals surface area contributed by atoms with Gasteiger partial charge < -0.3 is 43.8 Å². The molecule has 1 aliphatic carbocycles. The molecule has 6 N–H and O–H groups in total. The van der Waals surface area contributed by atoms with E-state index in [9.17, 15) is 0 Å². The van der Waals surface area contributed by atoms with Gasteiger partial charge >= 0.3 is 0 Å². The third-order valence-corrected chi connectivity index (χ3v) is 31.7. The topological polar surface area (TPSA) is 168 Å². The van der Waals surface area contributed by atoms with Crippen molar-refractivity contribution >= 4 is 151 Å². The maximum Gasteiger partial charge on any atom is 0.231 e. The molecule has 0 radical (unpaired) electrons. The van der Waals surface area contributed by atoms with Gasteiger partial charge in [-0.05, 0) is 258 Å². The van der Waals surface area contributed by atoms with Crippen LogP contribution in [0.4, 0.5) is 0 Å². The zero-order valence-electron chi connectivity index (χ0n) is 78.3. The van der Waals surface area contributed by atoms with Crippen LogP contribution in [0.2, 0.25) is 30.1 Å². The van der Waals surface area contributed by atoms with Crippen LogP contribution in [-0.2, 0) is 64.8 Å². The standard InChI is InChI=1S/C26H21BrClN3.C25H20Cl2N2O2.2C23H20ClN3.C22H25ClN2O/c27-17-6-8-23-20(12-17)22(14-29-23)26-25-19(21-13-18(28)7-9-24(21)30-25)10-11-31(26)15-16-4-2-1-3-5-16;26-16-6-7-21-18(10-16)17-8-9-29(13-15-4-2-1-3-5-15)25(24(17)28-21)19-11-22-23(12-20(19)27)31-14-30-22;24-17-9-10-20-19(14-17)18-11-13-27(15-16-6-2-1-3-7-16)23(22(18)26-20)21-8-4-5-12-25-21;24-18-6-7-21-20(14-18)19-10-13-27(15-16-4-2-1-3-5-16)23(22(19)26-21)17-8-11-25-12-9-17;23-17-6-7-20-19(12-17)18-8-10-25(13-15-9-11-26-14-15)22(21(18)24-20)16-4-2-1-3-5-16/h1-9,12-14,26,29-30H,10-11,15H2;1-7,10-12,25,28H,8-9,13-14H2;1-10,12,14,23,26H,11,13,15H2;1-9,11-12,14,23,26H,10,13,15H2;6-7,9,11-12,14,16,22,24H,1-5,8,10,13H2. The third-order valence-electron chi connectivity index (χ3n) is 29.7. The number of H-pyrrole nitrogens is 6. The van der Waals surface area contributed by atoms with Crippen LogP contribution in [0.3, 0.4) is 0 Å². The Morgan fingerprint density at radius 3 is 1.18 bits per heavy atom. The Morgan fingerprint density at radius 1 is 0.338 bits per heavy atom. The summed E-state index contributed by atoms with van der Waals surface area (Å²) in [5.41, 5.74) is 31.4. The number of nitrogens with one attached hydrogen (secondary N) is 6. The number of hydrogen-bond acceptors (Lipinski definition) is 10. The number of rotatable bonds is 15. The van der Waals surface area contributed by atoms with Crippen LogP contribution in [0, 0.1) is 5.92 Å². The molecule has 27 rings (SSSR count). The average Bonchev–Trinajstić information content (AvgIpc) is 1.59. The van der Waals surface area contributed by atoms with Gasteiger partial charge in [0.25, 0.3) is 0 Å².